The van der Waals surface area contributed by atoms with Gasteiger partial charge in [-0.1, -0.05) is 0 Å². The monoisotopic (exact) mass is 284 g/mol. The Labute approximate surface area is 120 Å². The van der Waals surface area contributed by atoms with Gasteiger partial charge in [-0.05, 0) is 6.92 Å². The van der Waals surface area contributed by atoms with Crippen molar-refractivity contribution in [1.82, 2.24) is 9.97 Å². The minimum atomic E-state index is 0.153. The average Bonchev–Trinajstić information content (AvgIpc) is 2.39. The first-order valence-corrected chi connectivity index (χ1v) is 6.49. The molecule has 7 nitrogen and oxygen atoms in total. The smallest absolute Gasteiger partial charge is 0.158 e. The summed E-state index contributed by atoms with van der Waals surface area (Å²) in [5.41, 5.74) is 5.83. The predicted molar refractivity (Wildman–Crippen MR) is 77.7 cm³/mol. The van der Waals surface area contributed by atoms with Crippen LogP contribution in [0.5, 0.6) is 0 Å². The topological polar surface area (TPSA) is 82.7 Å². The van der Waals surface area contributed by atoms with Crippen LogP contribution in [0.15, 0.2) is 6.07 Å². The number of nitrogens with two attached hydrogens (primary N) is 1. The van der Waals surface area contributed by atoms with Gasteiger partial charge in [0, 0.05) is 33.9 Å². The minimum Gasteiger partial charge on any atom is -0.384 e. The van der Waals surface area contributed by atoms with Crippen LogP contribution in [0.4, 0.5) is 11.6 Å². The number of nitrogen functional groups attached to an aromatic ring is 1. The molecule has 0 aliphatic heterocycles. The number of methoxy groups -OCH3 is 3. The molecule has 0 fully saturated rings. The van der Waals surface area contributed by atoms with Crippen molar-refractivity contribution in [3.8, 4) is 0 Å². The van der Waals surface area contributed by atoms with Crippen LogP contribution in [0.25, 0.3) is 0 Å². The van der Waals surface area contributed by atoms with Crippen LogP contribution < -0.4 is 10.6 Å². The molecule has 0 amide bonds. The highest BCUT2D eigenvalue weighted by Crippen LogP contribution is 2.17. The van der Waals surface area contributed by atoms with Crippen molar-refractivity contribution in [3.05, 3.63) is 11.9 Å². The number of ether oxygens (including phenoxy) is 3. The Morgan fingerprint density at radius 1 is 1.20 bits per heavy atom. The Morgan fingerprint density at radius 3 is 2.55 bits per heavy atom. The van der Waals surface area contributed by atoms with Gasteiger partial charge in [-0.25, -0.2) is 9.97 Å². The minimum absolute atomic E-state index is 0.153. The molecule has 1 atom stereocenters. The number of rotatable bonds is 9. The second-order valence-electron chi connectivity index (χ2n) is 4.49. The molecule has 0 aliphatic rings. The number of hydrogen-bond acceptors (Lipinski definition) is 7. The molecule has 0 radical (unpaired) electrons. The zero-order chi connectivity index (χ0) is 15.0. The zero-order valence-corrected chi connectivity index (χ0v) is 12.6. The van der Waals surface area contributed by atoms with Gasteiger partial charge >= 0.3 is 0 Å². The van der Waals surface area contributed by atoms with E-state index in [-0.39, 0.29) is 6.04 Å². The Hall–Kier alpha value is -1.44. The van der Waals surface area contributed by atoms with Crippen molar-refractivity contribution in [2.75, 3.05) is 51.7 Å². The predicted octanol–water partition coefficient (Wildman–Crippen LogP) is 0.693. The molecule has 1 unspecified atom stereocenters. The first kappa shape index (κ1) is 16.6. The lowest BCUT2D eigenvalue weighted by Crippen LogP contribution is -2.39. The first-order chi connectivity index (χ1) is 9.62. The summed E-state index contributed by atoms with van der Waals surface area (Å²) in [6.07, 6.45) is 0. The molecule has 1 heterocycles. The maximum absolute atomic E-state index is 5.83. The van der Waals surface area contributed by atoms with Crippen molar-refractivity contribution < 1.29 is 14.2 Å². The molecule has 1 aromatic rings. The molecule has 1 rings (SSSR count). The van der Waals surface area contributed by atoms with Crippen LogP contribution in [0.3, 0.4) is 0 Å². The highest BCUT2D eigenvalue weighted by molar-refractivity contribution is 5.47. The SMILES string of the molecule is COCCN(c1cc(N)nc(COC)n1)C(C)COC. The number of hydrogen-bond donors (Lipinski definition) is 1. The van der Waals surface area contributed by atoms with Gasteiger partial charge in [-0.3, -0.25) is 0 Å². The Kier molecular flexibility index (Phi) is 7.21. The average molecular weight is 284 g/mol. The summed E-state index contributed by atoms with van der Waals surface area (Å²) in [6, 6.07) is 1.90. The van der Waals surface area contributed by atoms with E-state index >= 15 is 0 Å². The van der Waals surface area contributed by atoms with E-state index in [1.165, 1.54) is 0 Å². The van der Waals surface area contributed by atoms with E-state index in [4.69, 9.17) is 19.9 Å². The third-order valence-corrected chi connectivity index (χ3v) is 2.82. The molecular weight excluding hydrogens is 260 g/mol. The van der Waals surface area contributed by atoms with Crippen molar-refractivity contribution in [1.29, 1.82) is 0 Å². The van der Waals surface area contributed by atoms with E-state index < -0.39 is 0 Å². The fourth-order valence-corrected chi connectivity index (χ4v) is 1.93. The Balaban J connectivity index is 2.98. The highest BCUT2D eigenvalue weighted by Gasteiger charge is 2.17. The van der Waals surface area contributed by atoms with E-state index in [1.807, 2.05) is 0 Å². The summed E-state index contributed by atoms with van der Waals surface area (Å²) >= 11 is 0. The molecule has 0 saturated heterocycles. The standard InChI is InChI=1S/C13H24N4O3/c1-10(8-19-3)17(5-6-18-2)13-7-11(14)15-12(16-13)9-20-4/h7,10H,5-6,8-9H2,1-4H3,(H2,14,15,16). The molecule has 1 aromatic heterocycles. The lowest BCUT2D eigenvalue weighted by molar-refractivity contribution is 0.169. The number of nitrogens with zero attached hydrogens (tertiary/aromatic N) is 3. The molecule has 20 heavy (non-hydrogen) atoms. The van der Waals surface area contributed by atoms with Gasteiger partial charge in [0.2, 0.25) is 0 Å². The first-order valence-electron chi connectivity index (χ1n) is 6.49. The maximum Gasteiger partial charge on any atom is 0.158 e. The van der Waals surface area contributed by atoms with E-state index in [0.717, 1.165) is 5.82 Å². The highest BCUT2D eigenvalue weighted by atomic mass is 16.5. The molecule has 0 saturated carbocycles. The summed E-state index contributed by atoms with van der Waals surface area (Å²) in [4.78, 5) is 10.7. The second-order valence-corrected chi connectivity index (χ2v) is 4.49. The largest absolute Gasteiger partial charge is 0.384 e. The molecular formula is C13H24N4O3. The van der Waals surface area contributed by atoms with Crippen molar-refractivity contribution in [2.45, 2.75) is 19.6 Å². The zero-order valence-electron chi connectivity index (χ0n) is 12.6. The second kappa shape index (κ2) is 8.68. The molecule has 2 N–H and O–H groups in total. The summed E-state index contributed by atoms with van der Waals surface area (Å²) in [5.74, 6) is 1.75. The van der Waals surface area contributed by atoms with Crippen LogP contribution >= 0.6 is 0 Å². The maximum atomic E-state index is 5.83. The van der Waals surface area contributed by atoms with Gasteiger partial charge in [0.25, 0.3) is 0 Å². The molecule has 114 valence electrons. The van der Waals surface area contributed by atoms with Crippen molar-refractivity contribution in [2.24, 2.45) is 0 Å². The third kappa shape index (κ3) is 4.92. The Bertz CT molecular complexity index is 403. The van der Waals surface area contributed by atoms with Gasteiger partial charge in [0.05, 0.1) is 19.3 Å². The summed E-state index contributed by atoms with van der Waals surface area (Å²) < 4.78 is 15.4. The number of aromatic nitrogens is 2. The van der Waals surface area contributed by atoms with Crippen molar-refractivity contribution >= 4 is 11.6 Å². The lowest BCUT2D eigenvalue weighted by atomic mass is 10.3. The molecule has 0 aliphatic carbocycles. The fraction of sp³-hybridized carbons (Fsp3) is 0.692. The molecule has 0 aromatic carbocycles. The van der Waals surface area contributed by atoms with E-state index in [2.05, 4.69) is 21.8 Å². The summed E-state index contributed by atoms with van der Waals surface area (Å²) in [7, 11) is 4.95. The molecule has 7 heteroatoms. The molecule has 0 spiro atoms. The van der Waals surface area contributed by atoms with Gasteiger partial charge < -0.3 is 24.8 Å². The van der Waals surface area contributed by atoms with E-state index in [9.17, 15) is 0 Å². The van der Waals surface area contributed by atoms with E-state index in [1.54, 1.807) is 27.4 Å². The lowest BCUT2D eigenvalue weighted by Gasteiger charge is -2.30. The molecule has 0 bridgehead atoms. The van der Waals surface area contributed by atoms with Gasteiger partial charge in [-0.2, -0.15) is 0 Å². The van der Waals surface area contributed by atoms with Crippen LogP contribution in [0, 0.1) is 0 Å². The summed E-state index contributed by atoms with van der Waals surface area (Å²) in [5, 5.41) is 0. The van der Waals surface area contributed by atoms with Crippen molar-refractivity contribution in [3.63, 3.8) is 0 Å². The van der Waals surface area contributed by atoms with Crippen LogP contribution in [0.2, 0.25) is 0 Å². The third-order valence-electron chi connectivity index (χ3n) is 2.82. The quantitative estimate of drug-likeness (QED) is 0.714. The number of anilines is 2. The Morgan fingerprint density at radius 2 is 1.95 bits per heavy atom. The van der Waals surface area contributed by atoms with Crippen LogP contribution in [-0.4, -0.2) is 57.1 Å². The van der Waals surface area contributed by atoms with Gasteiger partial charge in [-0.15, -0.1) is 0 Å². The fourth-order valence-electron chi connectivity index (χ4n) is 1.93. The van der Waals surface area contributed by atoms with Gasteiger partial charge in [0.1, 0.15) is 18.2 Å². The van der Waals surface area contributed by atoms with Gasteiger partial charge in [0.15, 0.2) is 5.82 Å². The van der Waals surface area contributed by atoms with Crippen LogP contribution in [0.1, 0.15) is 12.7 Å². The van der Waals surface area contributed by atoms with Crippen LogP contribution in [-0.2, 0) is 20.8 Å². The van der Waals surface area contributed by atoms with E-state index in [0.29, 0.717) is 38.0 Å². The summed E-state index contributed by atoms with van der Waals surface area (Å²) in [6.45, 7) is 4.27. The normalized spacial score (nSPS) is 12.4.